The zero-order chi connectivity index (χ0) is 13.4. The van der Waals surface area contributed by atoms with Crippen LogP contribution in [0.15, 0.2) is 18.2 Å². The van der Waals surface area contributed by atoms with Crippen molar-refractivity contribution in [3.63, 3.8) is 0 Å². The van der Waals surface area contributed by atoms with Crippen LogP contribution in [0.1, 0.15) is 55.3 Å². The molecular formula is C18H27N. The van der Waals surface area contributed by atoms with Crippen molar-refractivity contribution in [2.24, 2.45) is 17.8 Å². The fraction of sp³-hybridized carbons (Fsp3) is 0.667. The number of fused-ring (bicyclic) bond motifs is 1. The highest BCUT2D eigenvalue weighted by molar-refractivity contribution is 5.33. The van der Waals surface area contributed by atoms with E-state index in [1.54, 1.807) is 0 Å². The van der Waals surface area contributed by atoms with Crippen LogP contribution in [0.3, 0.4) is 0 Å². The molecule has 3 rings (SSSR count). The Morgan fingerprint density at radius 1 is 1.11 bits per heavy atom. The molecule has 0 radical (unpaired) electrons. The average molecular weight is 257 g/mol. The van der Waals surface area contributed by atoms with Gasteiger partial charge in [-0.1, -0.05) is 38.0 Å². The second-order valence-electron chi connectivity index (χ2n) is 6.57. The van der Waals surface area contributed by atoms with E-state index in [9.17, 15) is 0 Å². The molecule has 2 saturated carbocycles. The molecule has 1 heteroatoms. The van der Waals surface area contributed by atoms with Crippen LogP contribution in [0, 0.1) is 31.6 Å². The average Bonchev–Trinajstić information content (AvgIpc) is 3.13. The van der Waals surface area contributed by atoms with Gasteiger partial charge in [0, 0.05) is 6.04 Å². The van der Waals surface area contributed by atoms with Crippen LogP contribution in [0.5, 0.6) is 0 Å². The monoisotopic (exact) mass is 257 g/mol. The highest BCUT2D eigenvalue weighted by Gasteiger charge is 2.54. The van der Waals surface area contributed by atoms with E-state index in [4.69, 9.17) is 0 Å². The van der Waals surface area contributed by atoms with Crippen molar-refractivity contribution in [2.45, 2.75) is 52.5 Å². The fourth-order valence-electron chi connectivity index (χ4n) is 4.20. The predicted octanol–water partition coefficient (Wildman–Crippen LogP) is 4.39. The molecule has 2 aliphatic rings. The van der Waals surface area contributed by atoms with Crippen molar-refractivity contribution in [1.82, 2.24) is 5.32 Å². The molecule has 0 bridgehead atoms. The Labute approximate surface area is 117 Å². The van der Waals surface area contributed by atoms with Gasteiger partial charge in [0.05, 0.1) is 0 Å². The summed E-state index contributed by atoms with van der Waals surface area (Å²) in [5.41, 5.74) is 4.36. The molecule has 1 N–H and O–H groups in total. The predicted molar refractivity (Wildman–Crippen MR) is 81.3 cm³/mol. The molecule has 0 saturated heterocycles. The second-order valence-corrected chi connectivity index (χ2v) is 6.57. The van der Waals surface area contributed by atoms with E-state index >= 15 is 0 Å². The van der Waals surface area contributed by atoms with Crippen molar-refractivity contribution >= 4 is 0 Å². The fourth-order valence-corrected chi connectivity index (χ4v) is 4.20. The van der Waals surface area contributed by atoms with Crippen molar-refractivity contribution in [2.75, 3.05) is 6.54 Å². The van der Waals surface area contributed by atoms with Gasteiger partial charge >= 0.3 is 0 Å². The molecule has 19 heavy (non-hydrogen) atoms. The third-order valence-corrected chi connectivity index (χ3v) is 5.42. The molecule has 0 aromatic heterocycles. The summed E-state index contributed by atoms with van der Waals surface area (Å²) in [6.45, 7) is 7.76. The van der Waals surface area contributed by atoms with Crippen molar-refractivity contribution in [3.05, 3.63) is 34.9 Å². The van der Waals surface area contributed by atoms with Crippen LogP contribution in [-0.4, -0.2) is 6.54 Å². The first kappa shape index (κ1) is 13.2. The highest BCUT2D eigenvalue weighted by atomic mass is 14.9. The Kier molecular flexibility index (Phi) is 3.66. The number of benzene rings is 1. The minimum atomic E-state index is 0.595. The molecule has 104 valence electrons. The van der Waals surface area contributed by atoms with Gasteiger partial charge in [-0.25, -0.2) is 0 Å². The maximum atomic E-state index is 3.76. The molecule has 0 amide bonds. The van der Waals surface area contributed by atoms with E-state index < -0.39 is 0 Å². The molecule has 3 unspecified atom stereocenters. The summed E-state index contributed by atoms with van der Waals surface area (Å²) >= 11 is 0. The number of aryl methyl sites for hydroxylation is 2. The van der Waals surface area contributed by atoms with Gasteiger partial charge in [-0.3, -0.25) is 0 Å². The van der Waals surface area contributed by atoms with E-state index in [0.29, 0.717) is 6.04 Å². The molecule has 2 aliphatic carbocycles. The SMILES string of the molecule is CCNC(c1ccc(C)c(C)c1)C1C2CCCCC21. The van der Waals surface area contributed by atoms with Crippen LogP contribution < -0.4 is 5.32 Å². The Hall–Kier alpha value is -0.820. The van der Waals surface area contributed by atoms with Crippen LogP contribution in [-0.2, 0) is 0 Å². The molecule has 0 aliphatic heterocycles. The van der Waals surface area contributed by atoms with Gasteiger partial charge in [0.1, 0.15) is 0 Å². The first-order valence-electron chi connectivity index (χ1n) is 8.03. The van der Waals surface area contributed by atoms with Gasteiger partial charge in [-0.15, -0.1) is 0 Å². The van der Waals surface area contributed by atoms with Crippen LogP contribution >= 0.6 is 0 Å². The van der Waals surface area contributed by atoms with Crippen molar-refractivity contribution in [3.8, 4) is 0 Å². The Balaban J connectivity index is 1.82. The standard InChI is InChI=1S/C18H27N/c1-4-19-18(14-10-9-12(2)13(3)11-14)17-15-7-5-6-8-16(15)17/h9-11,15-19H,4-8H2,1-3H3. The van der Waals surface area contributed by atoms with E-state index in [1.165, 1.54) is 42.4 Å². The van der Waals surface area contributed by atoms with Gasteiger partial charge in [0.2, 0.25) is 0 Å². The lowest BCUT2D eigenvalue weighted by atomic mass is 9.96. The van der Waals surface area contributed by atoms with Gasteiger partial charge < -0.3 is 5.32 Å². The molecule has 0 heterocycles. The van der Waals surface area contributed by atoms with Gasteiger partial charge in [0.15, 0.2) is 0 Å². The first-order valence-corrected chi connectivity index (χ1v) is 8.03. The van der Waals surface area contributed by atoms with E-state index in [2.05, 4.69) is 44.3 Å². The number of nitrogens with one attached hydrogen (secondary N) is 1. The maximum Gasteiger partial charge on any atom is 0.0354 e. The summed E-state index contributed by atoms with van der Waals surface area (Å²) in [6.07, 6.45) is 5.87. The smallest absolute Gasteiger partial charge is 0.0354 e. The molecule has 0 spiro atoms. The van der Waals surface area contributed by atoms with Gasteiger partial charge in [-0.2, -0.15) is 0 Å². The van der Waals surface area contributed by atoms with Crippen molar-refractivity contribution < 1.29 is 0 Å². The lowest BCUT2D eigenvalue weighted by molar-refractivity contribution is 0.456. The van der Waals surface area contributed by atoms with E-state index in [1.807, 2.05) is 0 Å². The van der Waals surface area contributed by atoms with Crippen molar-refractivity contribution in [1.29, 1.82) is 0 Å². The Bertz CT molecular complexity index is 439. The molecule has 1 aromatic carbocycles. The van der Waals surface area contributed by atoms with E-state index in [0.717, 1.165) is 24.3 Å². The Morgan fingerprint density at radius 3 is 2.37 bits per heavy atom. The third kappa shape index (κ3) is 2.45. The minimum Gasteiger partial charge on any atom is -0.310 e. The molecule has 2 fully saturated rings. The number of rotatable bonds is 4. The number of hydrogen-bond donors (Lipinski definition) is 1. The summed E-state index contributed by atoms with van der Waals surface area (Å²) < 4.78 is 0. The summed E-state index contributed by atoms with van der Waals surface area (Å²) in [6, 6.07) is 7.64. The number of hydrogen-bond acceptors (Lipinski definition) is 1. The second kappa shape index (κ2) is 5.28. The molecule has 1 aromatic rings. The minimum absolute atomic E-state index is 0.595. The zero-order valence-electron chi connectivity index (χ0n) is 12.6. The third-order valence-electron chi connectivity index (χ3n) is 5.42. The zero-order valence-corrected chi connectivity index (χ0v) is 12.6. The maximum absolute atomic E-state index is 3.76. The first-order chi connectivity index (χ1) is 9.22. The summed E-state index contributed by atoms with van der Waals surface area (Å²) in [5, 5.41) is 3.76. The largest absolute Gasteiger partial charge is 0.310 e. The normalized spacial score (nSPS) is 30.8. The van der Waals surface area contributed by atoms with E-state index in [-0.39, 0.29) is 0 Å². The van der Waals surface area contributed by atoms with Crippen LogP contribution in [0.4, 0.5) is 0 Å². The van der Waals surface area contributed by atoms with Gasteiger partial charge in [0.25, 0.3) is 0 Å². The highest BCUT2D eigenvalue weighted by Crippen LogP contribution is 2.60. The lowest BCUT2D eigenvalue weighted by Gasteiger charge is -2.20. The molecule has 1 nitrogen and oxygen atoms in total. The summed E-state index contributed by atoms with van der Waals surface area (Å²) in [7, 11) is 0. The van der Waals surface area contributed by atoms with Gasteiger partial charge in [-0.05, 0) is 67.7 Å². The Morgan fingerprint density at radius 2 is 1.79 bits per heavy atom. The summed E-state index contributed by atoms with van der Waals surface area (Å²) in [4.78, 5) is 0. The van der Waals surface area contributed by atoms with Crippen LogP contribution in [0.2, 0.25) is 0 Å². The quantitative estimate of drug-likeness (QED) is 0.843. The lowest BCUT2D eigenvalue weighted by Crippen LogP contribution is -2.24. The van der Waals surface area contributed by atoms with Crippen LogP contribution in [0.25, 0.3) is 0 Å². The molecule has 3 atom stereocenters. The topological polar surface area (TPSA) is 12.0 Å². The summed E-state index contributed by atoms with van der Waals surface area (Å²) in [5.74, 6) is 2.93. The molecular weight excluding hydrogens is 230 g/mol.